The summed E-state index contributed by atoms with van der Waals surface area (Å²) in [6, 6.07) is 3.66. The van der Waals surface area contributed by atoms with Crippen LogP contribution in [0.5, 0.6) is 5.88 Å². The van der Waals surface area contributed by atoms with Gasteiger partial charge in [-0.25, -0.2) is 4.39 Å². The lowest BCUT2D eigenvalue weighted by atomic mass is 10.0. The maximum Gasteiger partial charge on any atom is 0.245 e. The van der Waals surface area contributed by atoms with Crippen molar-refractivity contribution in [2.45, 2.75) is 37.4 Å². The highest BCUT2D eigenvalue weighted by molar-refractivity contribution is 5.98. The Labute approximate surface area is 152 Å². The maximum absolute atomic E-state index is 13.7. The molecule has 4 heterocycles. The van der Waals surface area contributed by atoms with E-state index < -0.39 is 6.17 Å². The average molecular weight is 363 g/mol. The van der Waals surface area contributed by atoms with E-state index in [1.165, 1.54) is 0 Å². The number of carbonyl (C=O) groups is 1. The molecular weight excluding hydrogens is 337 g/mol. The Morgan fingerprint density at radius 2 is 2.04 bits per heavy atom. The number of alkyl halides is 1. The average Bonchev–Trinajstić information content (AvgIpc) is 3.31. The van der Waals surface area contributed by atoms with Gasteiger partial charge in [-0.1, -0.05) is 0 Å². The third-order valence-electron chi connectivity index (χ3n) is 5.62. The number of ether oxygens (including phenoxy) is 1. The molecule has 3 saturated heterocycles. The predicted octanol–water partition coefficient (Wildman–Crippen LogP) is 0.821. The molecule has 3 fully saturated rings. The molecule has 0 aliphatic carbocycles. The highest BCUT2D eigenvalue weighted by Crippen LogP contribution is 2.31. The summed E-state index contributed by atoms with van der Waals surface area (Å²) in [5.74, 6) is 1.50. The number of nitrogens with zero attached hydrogens (tertiary/aromatic N) is 3. The highest BCUT2D eigenvalue weighted by Gasteiger charge is 2.39. The van der Waals surface area contributed by atoms with Gasteiger partial charge in [0.2, 0.25) is 11.8 Å². The van der Waals surface area contributed by atoms with Crippen molar-refractivity contribution in [1.29, 1.82) is 0 Å². The van der Waals surface area contributed by atoms with Gasteiger partial charge in [0, 0.05) is 37.7 Å². The number of hydrogen-bond acceptors (Lipinski definition) is 6. The van der Waals surface area contributed by atoms with Crippen LogP contribution in [0.4, 0.5) is 10.2 Å². The minimum atomic E-state index is -0.822. The van der Waals surface area contributed by atoms with Crippen LogP contribution in [0, 0.1) is 0 Å². The summed E-state index contributed by atoms with van der Waals surface area (Å²) in [5.41, 5.74) is 7.26. The minimum absolute atomic E-state index is 0.0191. The van der Waals surface area contributed by atoms with Crippen LogP contribution in [0.15, 0.2) is 12.1 Å². The molecule has 0 radical (unpaired) electrons. The highest BCUT2D eigenvalue weighted by atomic mass is 19.1. The monoisotopic (exact) mass is 363 g/mol. The second kappa shape index (κ2) is 7.46. The smallest absolute Gasteiger partial charge is 0.245 e. The Morgan fingerprint density at radius 1 is 1.23 bits per heavy atom. The number of nitrogens with one attached hydrogen (secondary N) is 2. The predicted molar refractivity (Wildman–Crippen MR) is 96.0 cm³/mol. The summed E-state index contributed by atoms with van der Waals surface area (Å²) in [4.78, 5) is 21.2. The van der Waals surface area contributed by atoms with E-state index in [1.54, 1.807) is 12.0 Å². The fourth-order valence-corrected chi connectivity index (χ4v) is 4.22. The summed E-state index contributed by atoms with van der Waals surface area (Å²) in [6.07, 6.45) is 1.31. The van der Waals surface area contributed by atoms with E-state index in [0.29, 0.717) is 43.5 Å². The van der Waals surface area contributed by atoms with Crippen LogP contribution in [-0.2, 0) is 4.79 Å². The topological polar surface area (TPSA) is 69.7 Å². The molecule has 3 aliphatic rings. The third kappa shape index (κ3) is 3.28. The SMILES string of the molecule is COc1nc(N2CCC(N3CCCC(F)C3)C2=O)ccc1C1CNNC1. The summed E-state index contributed by atoms with van der Waals surface area (Å²) in [5, 5.41) is 0. The van der Waals surface area contributed by atoms with Crippen molar-refractivity contribution < 1.29 is 13.9 Å². The fraction of sp³-hybridized carbons (Fsp3) is 0.667. The number of methoxy groups -OCH3 is 1. The van der Waals surface area contributed by atoms with E-state index in [0.717, 1.165) is 31.6 Å². The van der Waals surface area contributed by atoms with Gasteiger partial charge in [0.15, 0.2) is 0 Å². The standard InChI is InChI=1S/C18H26FN5O2/c1-26-17-14(12-9-20-21-10-12)4-5-16(22-17)24-8-6-15(18(24)25)23-7-2-3-13(19)11-23/h4-5,12-13,15,20-21H,2-3,6-11H2,1H3. The molecule has 8 heteroatoms. The van der Waals surface area contributed by atoms with Gasteiger partial charge in [-0.05, 0) is 37.9 Å². The van der Waals surface area contributed by atoms with Crippen LogP contribution in [0.3, 0.4) is 0 Å². The molecule has 0 aromatic carbocycles. The summed E-state index contributed by atoms with van der Waals surface area (Å²) >= 11 is 0. The summed E-state index contributed by atoms with van der Waals surface area (Å²) < 4.78 is 19.2. The number of hydrogen-bond donors (Lipinski definition) is 2. The molecule has 2 atom stereocenters. The molecule has 0 bridgehead atoms. The first-order valence-corrected chi connectivity index (χ1v) is 9.37. The van der Waals surface area contributed by atoms with Crippen molar-refractivity contribution in [2.75, 3.05) is 44.7 Å². The first-order valence-electron chi connectivity index (χ1n) is 9.37. The number of amides is 1. The number of aromatic nitrogens is 1. The van der Waals surface area contributed by atoms with Crippen molar-refractivity contribution in [2.24, 2.45) is 0 Å². The lowest BCUT2D eigenvalue weighted by Gasteiger charge is -2.32. The van der Waals surface area contributed by atoms with Crippen LogP contribution >= 0.6 is 0 Å². The molecule has 0 spiro atoms. The van der Waals surface area contributed by atoms with E-state index in [2.05, 4.69) is 15.8 Å². The van der Waals surface area contributed by atoms with Crippen LogP contribution in [-0.4, -0.2) is 67.8 Å². The zero-order valence-corrected chi connectivity index (χ0v) is 15.1. The zero-order valence-electron chi connectivity index (χ0n) is 15.1. The number of carbonyl (C=O) groups excluding carboxylic acids is 1. The van der Waals surface area contributed by atoms with E-state index >= 15 is 0 Å². The Bertz CT molecular complexity index is 667. The van der Waals surface area contributed by atoms with Crippen LogP contribution in [0.1, 0.15) is 30.7 Å². The van der Waals surface area contributed by atoms with Gasteiger partial charge in [0.1, 0.15) is 12.0 Å². The Kier molecular flexibility index (Phi) is 5.06. The van der Waals surface area contributed by atoms with Gasteiger partial charge in [-0.15, -0.1) is 0 Å². The Hall–Kier alpha value is -1.77. The third-order valence-corrected chi connectivity index (χ3v) is 5.62. The molecular formula is C18H26FN5O2. The van der Waals surface area contributed by atoms with Gasteiger partial charge in [0.05, 0.1) is 13.2 Å². The molecule has 3 aliphatic heterocycles. The molecule has 142 valence electrons. The van der Waals surface area contributed by atoms with E-state index in [1.807, 2.05) is 17.0 Å². The van der Waals surface area contributed by atoms with Crippen molar-refractivity contribution in [1.82, 2.24) is 20.7 Å². The number of pyridine rings is 1. The summed E-state index contributed by atoms with van der Waals surface area (Å²) in [6.45, 7) is 3.41. The van der Waals surface area contributed by atoms with E-state index in [-0.39, 0.29) is 11.9 Å². The first kappa shape index (κ1) is 17.6. The number of anilines is 1. The minimum Gasteiger partial charge on any atom is -0.481 e. The van der Waals surface area contributed by atoms with Crippen LogP contribution in [0.2, 0.25) is 0 Å². The summed E-state index contributed by atoms with van der Waals surface area (Å²) in [7, 11) is 1.61. The molecule has 2 unspecified atom stereocenters. The van der Waals surface area contributed by atoms with Crippen molar-refractivity contribution in [3.05, 3.63) is 17.7 Å². The van der Waals surface area contributed by atoms with Gasteiger partial charge >= 0.3 is 0 Å². The lowest BCUT2D eigenvalue weighted by Crippen LogP contribution is -2.47. The van der Waals surface area contributed by atoms with Crippen molar-refractivity contribution >= 4 is 11.7 Å². The lowest BCUT2D eigenvalue weighted by molar-refractivity contribution is -0.122. The van der Waals surface area contributed by atoms with Gasteiger partial charge in [0.25, 0.3) is 0 Å². The molecule has 1 amide bonds. The maximum atomic E-state index is 13.7. The van der Waals surface area contributed by atoms with Gasteiger partial charge < -0.3 is 4.74 Å². The van der Waals surface area contributed by atoms with Crippen LogP contribution < -0.4 is 20.5 Å². The zero-order chi connectivity index (χ0) is 18.1. The molecule has 26 heavy (non-hydrogen) atoms. The normalized spacial score (nSPS) is 28.1. The van der Waals surface area contributed by atoms with Gasteiger partial charge in [-0.2, -0.15) is 4.98 Å². The quantitative estimate of drug-likeness (QED) is 0.826. The molecule has 1 aromatic heterocycles. The van der Waals surface area contributed by atoms with Crippen molar-refractivity contribution in [3.63, 3.8) is 0 Å². The second-order valence-corrected chi connectivity index (χ2v) is 7.26. The van der Waals surface area contributed by atoms with E-state index in [9.17, 15) is 9.18 Å². The fourth-order valence-electron chi connectivity index (χ4n) is 4.22. The molecule has 2 N–H and O–H groups in total. The number of halogens is 1. The second-order valence-electron chi connectivity index (χ2n) is 7.26. The number of piperidine rings is 1. The van der Waals surface area contributed by atoms with Crippen molar-refractivity contribution in [3.8, 4) is 5.88 Å². The van der Waals surface area contributed by atoms with Gasteiger partial charge in [-0.3, -0.25) is 25.4 Å². The molecule has 4 rings (SSSR count). The van der Waals surface area contributed by atoms with E-state index in [4.69, 9.17) is 4.74 Å². The molecule has 0 saturated carbocycles. The first-order chi connectivity index (χ1) is 12.7. The Balaban J connectivity index is 1.51. The largest absolute Gasteiger partial charge is 0.481 e. The number of likely N-dealkylation sites (tertiary alicyclic amines) is 1. The number of hydrazine groups is 1. The molecule has 7 nitrogen and oxygen atoms in total. The Morgan fingerprint density at radius 3 is 2.77 bits per heavy atom. The number of rotatable bonds is 4. The van der Waals surface area contributed by atoms with Crippen LogP contribution in [0.25, 0.3) is 0 Å². The molecule has 1 aromatic rings.